The van der Waals surface area contributed by atoms with Crippen LogP contribution in [0.4, 0.5) is 13.2 Å². The summed E-state index contributed by atoms with van der Waals surface area (Å²) in [7, 11) is 1.61. The molecule has 80 valence electrons. The van der Waals surface area contributed by atoms with Crippen molar-refractivity contribution < 1.29 is 17.9 Å². The molecule has 13 heavy (non-hydrogen) atoms. The molecule has 0 aromatic heterocycles. The van der Waals surface area contributed by atoms with Gasteiger partial charge in [0.15, 0.2) is 0 Å². The quantitative estimate of drug-likeness (QED) is 0.633. The Kier molecular flexibility index (Phi) is 6.99. The number of nitrogens with one attached hydrogen (secondary N) is 1. The van der Waals surface area contributed by atoms with Gasteiger partial charge in [0.2, 0.25) is 0 Å². The molecule has 0 saturated carbocycles. The fraction of sp³-hybridized carbons (Fsp3) is 1.00. The van der Waals surface area contributed by atoms with Crippen molar-refractivity contribution in [2.45, 2.75) is 25.4 Å². The first-order valence-electron chi connectivity index (χ1n) is 4.32. The van der Waals surface area contributed by atoms with Crippen molar-refractivity contribution in [1.29, 1.82) is 0 Å². The van der Waals surface area contributed by atoms with Gasteiger partial charge in [-0.1, -0.05) is 0 Å². The van der Waals surface area contributed by atoms with E-state index < -0.39 is 12.7 Å². The van der Waals surface area contributed by atoms with Crippen LogP contribution in [-0.4, -0.2) is 33.0 Å². The molecule has 0 saturated heterocycles. The maximum atomic E-state index is 11.6. The Morgan fingerprint density at radius 1 is 1.15 bits per heavy atom. The first-order chi connectivity index (χ1) is 6.06. The van der Waals surface area contributed by atoms with E-state index >= 15 is 0 Å². The predicted molar refractivity (Wildman–Crippen MR) is 44.7 cm³/mol. The van der Waals surface area contributed by atoms with E-state index in [1.54, 1.807) is 7.11 Å². The van der Waals surface area contributed by atoms with Gasteiger partial charge < -0.3 is 10.1 Å². The van der Waals surface area contributed by atoms with Crippen LogP contribution in [0.5, 0.6) is 0 Å². The van der Waals surface area contributed by atoms with Gasteiger partial charge >= 0.3 is 6.18 Å². The second-order valence-electron chi connectivity index (χ2n) is 2.85. The number of hydrogen-bond acceptors (Lipinski definition) is 2. The summed E-state index contributed by atoms with van der Waals surface area (Å²) in [4.78, 5) is 0. The SMILES string of the molecule is COCCCCCNCC(F)(F)F. The van der Waals surface area contributed by atoms with Crippen LogP contribution < -0.4 is 5.32 Å². The van der Waals surface area contributed by atoms with Crippen molar-refractivity contribution >= 4 is 0 Å². The minimum atomic E-state index is -4.09. The van der Waals surface area contributed by atoms with Crippen LogP contribution in [0.25, 0.3) is 0 Å². The number of hydrogen-bond donors (Lipinski definition) is 1. The summed E-state index contributed by atoms with van der Waals surface area (Å²) in [5.41, 5.74) is 0. The van der Waals surface area contributed by atoms with Crippen LogP contribution in [0.3, 0.4) is 0 Å². The fourth-order valence-corrected chi connectivity index (χ4v) is 0.903. The van der Waals surface area contributed by atoms with E-state index in [1.165, 1.54) is 0 Å². The molecule has 0 aromatic carbocycles. The Morgan fingerprint density at radius 3 is 2.38 bits per heavy atom. The molecule has 0 amide bonds. The van der Waals surface area contributed by atoms with E-state index in [1.807, 2.05) is 0 Å². The highest BCUT2D eigenvalue weighted by Gasteiger charge is 2.25. The summed E-state index contributed by atoms with van der Waals surface area (Å²) in [5.74, 6) is 0. The molecule has 0 spiro atoms. The number of alkyl halides is 3. The molecule has 0 fully saturated rings. The van der Waals surface area contributed by atoms with E-state index in [-0.39, 0.29) is 0 Å². The van der Waals surface area contributed by atoms with Crippen molar-refractivity contribution in [3.05, 3.63) is 0 Å². The van der Waals surface area contributed by atoms with Crippen molar-refractivity contribution in [3.63, 3.8) is 0 Å². The Balaban J connectivity index is 3.00. The van der Waals surface area contributed by atoms with Gasteiger partial charge in [-0.25, -0.2) is 0 Å². The summed E-state index contributed by atoms with van der Waals surface area (Å²) >= 11 is 0. The molecule has 0 bridgehead atoms. The summed E-state index contributed by atoms with van der Waals surface area (Å²) < 4.78 is 39.6. The molecule has 1 N–H and O–H groups in total. The molecular formula is C8H16F3NO. The molecule has 2 nitrogen and oxygen atoms in total. The molecule has 5 heteroatoms. The van der Waals surface area contributed by atoms with E-state index in [0.717, 1.165) is 19.3 Å². The molecule has 0 rings (SSSR count). The van der Waals surface area contributed by atoms with Gasteiger partial charge in [-0.3, -0.25) is 0 Å². The second-order valence-corrected chi connectivity index (χ2v) is 2.85. The third kappa shape index (κ3) is 11.7. The van der Waals surface area contributed by atoms with Crippen LogP contribution >= 0.6 is 0 Å². The Labute approximate surface area is 76.5 Å². The first kappa shape index (κ1) is 12.7. The summed E-state index contributed by atoms with van der Waals surface area (Å²) in [6.07, 6.45) is -1.52. The third-order valence-corrected chi connectivity index (χ3v) is 1.53. The highest BCUT2D eigenvalue weighted by Crippen LogP contribution is 2.12. The van der Waals surface area contributed by atoms with Gasteiger partial charge in [-0.05, 0) is 25.8 Å². The van der Waals surface area contributed by atoms with E-state index in [0.29, 0.717) is 13.2 Å². The minimum absolute atomic E-state index is 0.420. The van der Waals surface area contributed by atoms with Crippen LogP contribution in [0, 0.1) is 0 Å². The standard InChI is InChI=1S/C8H16F3NO/c1-13-6-4-2-3-5-12-7-8(9,10)11/h12H,2-7H2,1H3. The molecule has 0 aliphatic rings. The van der Waals surface area contributed by atoms with Crippen LogP contribution in [-0.2, 0) is 4.74 Å². The second kappa shape index (κ2) is 7.15. The zero-order valence-corrected chi connectivity index (χ0v) is 7.78. The van der Waals surface area contributed by atoms with Gasteiger partial charge in [0.25, 0.3) is 0 Å². The van der Waals surface area contributed by atoms with Gasteiger partial charge in [0, 0.05) is 13.7 Å². The fourth-order valence-electron chi connectivity index (χ4n) is 0.903. The molecule has 0 unspecified atom stereocenters. The van der Waals surface area contributed by atoms with E-state index in [9.17, 15) is 13.2 Å². The van der Waals surface area contributed by atoms with Crippen LogP contribution in [0.1, 0.15) is 19.3 Å². The molecule has 0 heterocycles. The summed E-state index contributed by atoms with van der Waals surface area (Å²) in [6.45, 7) is 0.208. The number of unbranched alkanes of at least 4 members (excludes halogenated alkanes) is 2. The molecule has 0 atom stereocenters. The van der Waals surface area contributed by atoms with Crippen LogP contribution in [0.15, 0.2) is 0 Å². The topological polar surface area (TPSA) is 21.3 Å². The average Bonchev–Trinajstić information content (AvgIpc) is 2.01. The Morgan fingerprint density at radius 2 is 1.85 bits per heavy atom. The van der Waals surface area contributed by atoms with Gasteiger partial charge in [0.05, 0.1) is 6.54 Å². The molecule has 0 aliphatic carbocycles. The normalized spacial score (nSPS) is 12.0. The van der Waals surface area contributed by atoms with E-state index in [2.05, 4.69) is 5.32 Å². The minimum Gasteiger partial charge on any atom is -0.385 e. The zero-order chi connectivity index (χ0) is 10.2. The lowest BCUT2D eigenvalue weighted by molar-refractivity contribution is -0.124. The molecular weight excluding hydrogens is 183 g/mol. The largest absolute Gasteiger partial charge is 0.401 e. The lowest BCUT2D eigenvalue weighted by Gasteiger charge is -2.07. The third-order valence-electron chi connectivity index (χ3n) is 1.53. The number of methoxy groups -OCH3 is 1. The zero-order valence-electron chi connectivity index (χ0n) is 7.78. The smallest absolute Gasteiger partial charge is 0.385 e. The number of halogens is 3. The highest BCUT2D eigenvalue weighted by atomic mass is 19.4. The molecule has 0 aromatic rings. The van der Waals surface area contributed by atoms with Crippen molar-refractivity contribution in [3.8, 4) is 0 Å². The number of rotatable bonds is 7. The van der Waals surface area contributed by atoms with Crippen molar-refractivity contribution in [2.75, 3.05) is 26.8 Å². The number of ether oxygens (including phenoxy) is 1. The summed E-state index contributed by atoms with van der Waals surface area (Å²) in [6, 6.07) is 0. The molecule has 0 aliphatic heterocycles. The summed E-state index contributed by atoms with van der Waals surface area (Å²) in [5, 5.41) is 2.34. The Bertz CT molecular complexity index is 116. The maximum absolute atomic E-state index is 11.6. The highest BCUT2D eigenvalue weighted by molar-refractivity contribution is 4.55. The Hall–Kier alpha value is -0.290. The molecule has 0 radical (unpaired) electrons. The van der Waals surface area contributed by atoms with Gasteiger partial charge in [-0.15, -0.1) is 0 Å². The lowest BCUT2D eigenvalue weighted by Crippen LogP contribution is -2.29. The maximum Gasteiger partial charge on any atom is 0.401 e. The lowest BCUT2D eigenvalue weighted by atomic mass is 10.2. The van der Waals surface area contributed by atoms with E-state index in [4.69, 9.17) is 4.74 Å². The first-order valence-corrected chi connectivity index (χ1v) is 4.32. The van der Waals surface area contributed by atoms with Gasteiger partial charge in [-0.2, -0.15) is 13.2 Å². The predicted octanol–water partition coefficient (Wildman–Crippen LogP) is 1.96. The average molecular weight is 199 g/mol. The monoisotopic (exact) mass is 199 g/mol. The van der Waals surface area contributed by atoms with Crippen molar-refractivity contribution in [1.82, 2.24) is 5.32 Å². The van der Waals surface area contributed by atoms with Crippen molar-refractivity contribution in [2.24, 2.45) is 0 Å². The van der Waals surface area contributed by atoms with Gasteiger partial charge in [0.1, 0.15) is 0 Å². The van der Waals surface area contributed by atoms with Crippen LogP contribution in [0.2, 0.25) is 0 Å².